The molecule has 0 saturated heterocycles. The summed E-state index contributed by atoms with van der Waals surface area (Å²) in [5, 5.41) is 2.88. The Morgan fingerprint density at radius 2 is 1.82 bits per heavy atom. The number of amides is 1. The average molecular weight is 298 g/mol. The number of nitrogens with one attached hydrogen (secondary N) is 1. The topological polar surface area (TPSA) is 64.3 Å². The van der Waals surface area contributed by atoms with E-state index in [-0.39, 0.29) is 12.0 Å². The molecule has 0 fully saturated rings. The van der Waals surface area contributed by atoms with Gasteiger partial charge in [-0.2, -0.15) is 0 Å². The first-order valence-corrected chi connectivity index (χ1v) is 7.51. The smallest absolute Gasteiger partial charge is 0.224 e. The number of carbonyl (C=O) groups is 1. The second-order valence-corrected chi connectivity index (χ2v) is 5.11. The molecule has 1 amide bonds. The molecule has 4 heteroatoms. The Labute approximate surface area is 131 Å². The second kappa shape index (κ2) is 8.20. The lowest BCUT2D eigenvalue weighted by Gasteiger charge is -2.18. The van der Waals surface area contributed by atoms with Crippen LogP contribution in [0, 0.1) is 0 Å². The van der Waals surface area contributed by atoms with Crippen molar-refractivity contribution >= 4 is 11.6 Å². The Morgan fingerprint density at radius 3 is 2.55 bits per heavy atom. The summed E-state index contributed by atoms with van der Waals surface area (Å²) in [5.74, 6) is 0.619. The molecule has 0 bridgehead atoms. The lowest BCUT2D eigenvalue weighted by Crippen LogP contribution is -2.14. The van der Waals surface area contributed by atoms with Crippen molar-refractivity contribution in [3.05, 3.63) is 60.2 Å². The van der Waals surface area contributed by atoms with E-state index < -0.39 is 0 Å². The zero-order valence-corrected chi connectivity index (χ0v) is 12.8. The van der Waals surface area contributed by atoms with Gasteiger partial charge in [-0.1, -0.05) is 42.5 Å². The monoisotopic (exact) mass is 298 g/mol. The van der Waals surface area contributed by atoms with E-state index in [0.29, 0.717) is 30.8 Å². The summed E-state index contributed by atoms with van der Waals surface area (Å²) in [4.78, 5) is 11.9. The van der Waals surface area contributed by atoms with E-state index in [1.165, 1.54) is 0 Å². The maximum absolute atomic E-state index is 11.9. The molecule has 2 aromatic rings. The maximum Gasteiger partial charge on any atom is 0.224 e. The number of hydrogen-bond acceptors (Lipinski definition) is 3. The quantitative estimate of drug-likeness (QED) is 0.822. The van der Waals surface area contributed by atoms with Crippen LogP contribution in [0.2, 0.25) is 0 Å². The van der Waals surface area contributed by atoms with Gasteiger partial charge in [0.2, 0.25) is 5.91 Å². The zero-order chi connectivity index (χ0) is 15.8. The third kappa shape index (κ3) is 4.60. The van der Waals surface area contributed by atoms with Gasteiger partial charge in [0.05, 0.1) is 5.69 Å². The van der Waals surface area contributed by atoms with Crippen molar-refractivity contribution in [2.75, 3.05) is 11.9 Å². The fourth-order valence-electron chi connectivity index (χ4n) is 2.13. The van der Waals surface area contributed by atoms with Crippen molar-refractivity contribution in [2.24, 2.45) is 5.73 Å². The molecule has 0 radical (unpaired) electrons. The molecule has 0 heterocycles. The van der Waals surface area contributed by atoms with E-state index in [0.717, 1.165) is 5.56 Å². The van der Waals surface area contributed by atoms with Crippen LogP contribution in [0.4, 0.5) is 5.69 Å². The minimum absolute atomic E-state index is 0.0473. The van der Waals surface area contributed by atoms with Gasteiger partial charge in [-0.25, -0.2) is 0 Å². The molecule has 4 nitrogen and oxygen atoms in total. The van der Waals surface area contributed by atoms with Gasteiger partial charge in [-0.05, 0) is 37.6 Å². The summed E-state index contributed by atoms with van der Waals surface area (Å²) in [5.41, 5.74) is 7.20. The summed E-state index contributed by atoms with van der Waals surface area (Å²) in [6, 6.07) is 17.4. The van der Waals surface area contributed by atoms with Crippen LogP contribution in [0.5, 0.6) is 5.75 Å². The van der Waals surface area contributed by atoms with E-state index >= 15 is 0 Å². The highest BCUT2D eigenvalue weighted by Crippen LogP contribution is 2.29. The van der Waals surface area contributed by atoms with Crippen molar-refractivity contribution in [2.45, 2.75) is 25.9 Å². The molecule has 116 valence electrons. The minimum atomic E-state index is -0.0942. The molecule has 3 N–H and O–H groups in total. The zero-order valence-electron chi connectivity index (χ0n) is 12.8. The second-order valence-electron chi connectivity index (χ2n) is 5.11. The van der Waals surface area contributed by atoms with Gasteiger partial charge in [0.25, 0.3) is 0 Å². The molecule has 0 saturated carbocycles. The number of anilines is 1. The minimum Gasteiger partial charge on any atom is -0.484 e. The lowest BCUT2D eigenvalue weighted by atomic mass is 10.1. The Hall–Kier alpha value is -2.33. The van der Waals surface area contributed by atoms with Crippen LogP contribution in [0.3, 0.4) is 0 Å². The molecule has 22 heavy (non-hydrogen) atoms. The summed E-state index contributed by atoms with van der Waals surface area (Å²) < 4.78 is 6.00. The average Bonchev–Trinajstić information content (AvgIpc) is 2.55. The summed E-state index contributed by atoms with van der Waals surface area (Å²) >= 11 is 0. The van der Waals surface area contributed by atoms with Gasteiger partial charge in [-0.15, -0.1) is 0 Å². The van der Waals surface area contributed by atoms with Crippen LogP contribution in [-0.4, -0.2) is 12.5 Å². The summed E-state index contributed by atoms with van der Waals surface area (Å²) in [6.45, 7) is 2.50. The first kappa shape index (κ1) is 16.0. The van der Waals surface area contributed by atoms with Crippen LogP contribution in [0.1, 0.15) is 31.4 Å². The predicted molar refractivity (Wildman–Crippen MR) is 88.8 cm³/mol. The van der Waals surface area contributed by atoms with E-state index in [2.05, 4.69) is 5.32 Å². The fraction of sp³-hybridized carbons (Fsp3) is 0.278. The van der Waals surface area contributed by atoms with Gasteiger partial charge in [0.1, 0.15) is 11.9 Å². The van der Waals surface area contributed by atoms with Crippen molar-refractivity contribution in [3.63, 3.8) is 0 Å². The van der Waals surface area contributed by atoms with Crippen molar-refractivity contribution < 1.29 is 9.53 Å². The lowest BCUT2D eigenvalue weighted by molar-refractivity contribution is -0.116. The number of benzene rings is 2. The fourth-order valence-corrected chi connectivity index (χ4v) is 2.13. The summed E-state index contributed by atoms with van der Waals surface area (Å²) in [7, 11) is 0. The predicted octanol–water partition coefficient (Wildman–Crippen LogP) is 3.50. The van der Waals surface area contributed by atoms with Crippen LogP contribution in [0.25, 0.3) is 0 Å². The standard InChI is InChI=1S/C18H22N2O2/c1-14(15-8-3-2-4-9-15)22-17-11-6-5-10-16(17)20-18(21)12-7-13-19/h2-6,8-11,14H,7,12-13,19H2,1H3,(H,20,21). The van der Waals surface area contributed by atoms with Gasteiger partial charge >= 0.3 is 0 Å². The number of ether oxygens (including phenoxy) is 1. The molecule has 0 aromatic heterocycles. The molecular weight excluding hydrogens is 276 g/mol. The van der Waals surface area contributed by atoms with Gasteiger partial charge in [0, 0.05) is 6.42 Å². The number of carbonyl (C=O) groups excluding carboxylic acids is 1. The van der Waals surface area contributed by atoms with Crippen LogP contribution >= 0.6 is 0 Å². The Kier molecular flexibility index (Phi) is 5.98. The molecule has 2 rings (SSSR count). The van der Waals surface area contributed by atoms with Crippen LogP contribution in [-0.2, 0) is 4.79 Å². The Balaban J connectivity index is 2.06. The highest BCUT2D eigenvalue weighted by Gasteiger charge is 2.11. The SMILES string of the molecule is CC(Oc1ccccc1NC(=O)CCCN)c1ccccc1. The van der Waals surface area contributed by atoms with Crippen molar-refractivity contribution in [1.29, 1.82) is 0 Å². The third-order valence-corrected chi connectivity index (χ3v) is 3.34. The van der Waals surface area contributed by atoms with Crippen LogP contribution in [0.15, 0.2) is 54.6 Å². The molecule has 1 unspecified atom stereocenters. The number of nitrogens with two attached hydrogens (primary N) is 1. The first-order valence-electron chi connectivity index (χ1n) is 7.51. The number of hydrogen-bond donors (Lipinski definition) is 2. The normalized spacial score (nSPS) is 11.7. The first-order chi connectivity index (χ1) is 10.7. The van der Waals surface area contributed by atoms with Crippen molar-refractivity contribution in [1.82, 2.24) is 0 Å². The number of para-hydroxylation sites is 2. The van der Waals surface area contributed by atoms with E-state index in [4.69, 9.17) is 10.5 Å². The maximum atomic E-state index is 11.9. The molecule has 1 atom stereocenters. The van der Waals surface area contributed by atoms with Gasteiger partial charge < -0.3 is 15.8 Å². The molecule has 2 aromatic carbocycles. The van der Waals surface area contributed by atoms with E-state index in [1.807, 2.05) is 61.5 Å². The molecule has 0 aliphatic carbocycles. The highest BCUT2D eigenvalue weighted by molar-refractivity contribution is 5.92. The van der Waals surface area contributed by atoms with Gasteiger partial charge in [-0.3, -0.25) is 4.79 Å². The number of rotatable bonds is 7. The van der Waals surface area contributed by atoms with Crippen LogP contribution < -0.4 is 15.8 Å². The molecule has 0 aliphatic rings. The van der Waals surface area contributed by atoms with Crippen molar-refractivity contribution in [3.8, 4) is 5.75 Å². The summed E-state index contributed by atoms with van der Waals surface area (Å²) in [6.07, 6.45) is 0.997. The van der Waals surface area contributed by atoms with E-state index in [1.54, 1.807) is 0 Å². The van der Waals surface area contributed by atoms with E-state index in [9.17, 15) is 4.79 Å². The Morgan fingerprint density at radius 1 is 1.14 bits per heavy atom. The Bertz CT molecular complexity index is 599. The molecular formula is C18H22N2O2. The highest BCUT2D eigenvalue weighted by atomic mass is 16.5. The molecule has 0 spiro atoms. The van der Waals surface area contributed by atoms with Gasteiger partial charge in [0.15, 0.2) is 0 Å². The third-order valence-electron chi connectivity index (χ3n) is 3.34. The largest absolute Gasteiger partial charge is 0.484 e. The molecule has 0 aliphatic heterocycles.